The van der Waals surface area contributed by atoms with Gasteiger partial charge in [-0.25, -0.2) is 0 Å². The standard InChI is InChI=1S/C15H29NO8/c1-7-12(9(16(2)3)11(18)14(19)23-7)24-15-13(21-5)10(17)8(20-4)6-22-15/h7-15,17-19H,6H2,1-5H3/t7-,8-,9-,10+,11-,12-,13-,14?,15+/m1/s1. The van der Waals surface area contributed by atoms with Crippen LogP contribution in [-0.4, -0.2) is 110 Å². The van der Waals surface area contributed by atoms with Gasteiger partial charge >= 0.3 is 0 Å². The summed E-state index contributed by atoms with van der Waals surface area (Å²) in [6.45, 7) is 1.90. The summed E-state index contributed by atoms with van der Waals surface area (Å²) in [6, 6.07) is -0.512. The van der Waals surface area contributed by atoms with Crippen LogP contribution in [0, 0.1) is 0 Å². The van der Waals surface area contributed by atoms with Gasteiger partial charge in [-0.1, -0.05) is 0 Å². The van der Waals surface area contributed by atoms with E-state index in [0.717, 1.165) is 0 Å². The lowest BCUT2D eigenvalue weighted by molar-refractivity contribution is -0.332. The van der Waals surface area contributed by atoms with Gasteiger partial charge in [-0.3, -0.25) is 0 Å². The monoisotopic (exact) mass is 351 g/mol. The summed E-state index contributed by atoms with van der Waals surface area (Å²) in [5, 5.41) is 30.4. The van der Waals surface area contributed by atoms with Crippen LogP contribution in [0.25, 0.3) is 0 Å². The molecule has 24 heavy (non-hydrogen) atoms. The summed E-state index contributed by atoms with van der Waals surface area (Å²) in [6.07, 6.45) is -6.52. The van der Waals surface area contributed by atoms with Crippen LogP contribution < -0.4 is 0 Å². The first-order valence-electron chi connectivity index (χ1n) is 8.00. The van der Waals surface area contributed by atoms with Crippen molar-refractivity contribution in [1.29, 1.82) is 0 Å². The molecule has 0 aliphatic carbocycles. The average molecular weight is 351 g/mol. The molecule has 3 N–H and O–H groups in total. The van der Waals surface area contributed by atoms with Crippen molar-refractivity contribution in [1.82, 2.24) is 4.90 Å². The number of aliphatic hydroxyl groups excluding tert-OH is 3. The average Bonchev–Trinajstić information content (AvgIpc) is 2.52. The lowest BCUT2D eigenvalue weighted by Crippen LogP contribution is -2.65. The molecule has 9 heteroatoms. The summed E-state index contributed by atoms with van der Waals surface area (Å²) in [5.74, 6) is 0. The molecule has 2 saturated heterocycles. The molecule has 0 aromatic rings. The maximum Gasteiger partial charge on any atom is 0.186 e. The predicted molar refractivity (Wildman–Crippen MR) is 82.2 cm³/mol. The van der Waals surface area contributed by atoms with Gasteiger partial charge in [-0.05, 0) is 21.0 Å². The molecule has 0 spiro atoms. The molecule has 2 aliphatic heterocycles. The SMILES string of the molecule is CO[C@H]1[C@H](O[C@H]2[C@H](N(C)C)[C@@H](O)C(O)O[C@@H]2C)OC[C@@H](OC)[C@@H]1O. The van der Waals surface area contributed by atoms with E-state index < -0.39 is 55.2 Å². The summed E-state index contributed by atoms with van der Waals surface area (Å²) < 4.78 is 27.5. The summed E-state index contributed by atoms with van der Waals surface area (Å²) in [4.78, 5) is 1.76. The quantitative estimate of drug-likeness (QED) is 0.525. The highest BCUT2D eigenvalue weighted by Crippen LogP contribution is 2.29. The second-order valence-electron chi connectivity index (χ2n) is 6.44. The summed E-state index contributed by atoms with van der Waals surface area (Å²) in [5.41, 5.74) is 0. The fourth-order valence-electron chi connectivity index (χ4n) is 3.29. The van der Waals surface area contributed by atoms with Gasteiger partial charge in [0.2, 0.25) is 0 Å². The predicted octanol–water partition coefficient (Wildman–Crippen LogP) is -1.85. The second kappa shape index (κ2) is 8.35. The minimum Gasteiger partial charge on any atom is -0.387 e. The van der Waals surface area contributed by atoms with Gasteiger partial charge < -0.3 is 43.9 Å². The van der Waals surface area contributed by atoms with Crippen LogP contribution in [0.4, 0.5) is 0 Å². The maximum atomic E-state index is 10.3. The minimum atomic E-state index is -1.29. The molecular weight excluding hydrogens is 322 g/mol. The summed E-state index contributed by atoms with van der Waals surface area (Å²) in [7, 11) is 6.50. The van der Waals surface area contributed by atoms with Crippen molar-refractivity contribution in [3.8, 4) is 0 Å². The molecule has 2 rings (SSSR count). The van der Waals surface area contributed by atoms with Crippen LogP contribution >= 0.6 is 0 Å². The van der Waals surface area contributed by atoms with Crippen LogP contribution in [0.5, 0.6) is 0 Å². The molecule has 2 aliphatic rings. The lowest BCUT2D eigenvalue weighted by Gasteiger charge is -2.47. The Bertz CT molecular complexity index is 398. The number of nitrogens with zero attached hydrogens (tertiary/aromatic N) is 1. The van der Waals surface area contributed by atoms with Crippen molar-refractivity contribution in [3.63, 3.8) is 0 Å². The van der Waals surface area contributed by atoms with E-state index >= 15 is 0 Å². The van der Waals surface area contributed by atoms with Gasteiger partial charge in [0, 0.05) is 14.2 Å². The fourth-order valence-corrected chi connectivity index (χ4v) is 3.29. The van der Waals surface area contributed by atoms with Crippen molar-refractivity contribution in [2.45, 2.75) is 62.2 Å². The molecule has 0 saturated carbocycles. The fraction of sp³-hybridized carbons (Fsp3) is 1.00. The van der Waals surface area contributed by atoms with Crippen molar-refractivity contribution in [3.05, 3.63) is 0 Å². The molecule has 0 radical (unpaired) electrons. The van der Waals surface area contributed by atoms with E-state index in [9.17, 15) is 15.3 Å². The summed E-state index contributed by atoms with van der Waals surface area (Å²) >= 11 is 0. The van der Waals surface area contributed by atoms with Crippen LogP contribution in [0.15, 0.2) is 0 Å². The second-order valence-corrected chi connectivity index (χ2v) is 6.44. The Kier molecular flexibility index (Phi) is 6.94. The first-order valence-corrected chi connectivity index (χ1v) is 8.00. The van der Waals surface area contributed by atoms with Crippen LogP contribution in [0.3, 0.4) is 0 Å². The van der Waals surface area contributed by atoms with Gasteiger partial charge in [0.1, 0.15) is 30.5 Å². The zero-order chi connectivity index (χ0) is 18.0. The maximum absolute atomic E-state index is 10.3. The van der Waals surface area contributed by atoms with Gasteiger partial charge in [-0.15, -0.1) is 0 Å². The van der Waals surface area contributed by atoms with Crippen LogP contribution in [-0.2, 0) is 23.7 Å². The molecule has 9 atom stereocenters. The molecular formula is C15H29NO8. The Balaban J connectivity index is 2.14. The first kappa shape index (κ1) is 20.0. The van der Waals surface area contributed by atoms with Gasteiger partial charge in [0.15, 0.2) is 12.6 Å². The van der Waals surface area contributed by atoms with Gasteiger partial charge in [0.25, 0.3) is 0 Å². The third-order valence-electron chi connectivity index (χ3n) is 4.67. The minimum absolute atomic E-state index is 0.155. The van der Waals surface area contributed by atoms with Crippen molar-refractivity contribution in [2.75, 3.05) is 34.9 Å². The largest absolute Gasteiger partial charge is 0.387 e. The molecule has 9 nitrogen and oxygen atoms in total. The van der Waals surface area contributed by atoms with E-state index in [1.807, 2.05) is 0 Å². The molecule has 2 heterocycles. The topological polar surface area (TPSA) is 110 Å². The molecule has 0 aromatic heterocycles. The van der Waals surface area contributed by atoms with Crippen molar-refractivity contribution < 1.29 is 39.0 Å². The van der Waals surface area contributed by atoms with E-state index in [0.29, 0.717) is 0 Å². The Morgan fingerprint density at radius 3 is 2.21 bits per heavy atom. The van der Waals surface area contributed by atoms with Crippen LogP contribution in [0.2, 0.25) is 0 Å². The number of ether oxygens (including phenoxy) is 5. The first-order chi connectivity index (χ1) is 11.3. The van der Waals surface area contributed by atoms with Crippen LogP contribution in [0.1, 0.15) is 6.92 Å². The number of aliphatic hydroxyl groups is 3. The third-order valence-corrected chi connectivity index (χ3v) is 4.67. The van der Waals surface area contributed by atoms with E-state index in [2.05, 4.69) is 0 Å². The van der Waals surface area contributed by atoms with Crippen molar-refractivity contribution >= 4 is 0 Å². The highest BCUT2D eigenvalue weighted by atomic mass is 16.7. The number of likely N-dealkylation sites (N-methyl/N-ethyl adjacent to an activating group) is 1. The number of hydrogen-bond donors (Lipinski definition) is 3. The van der Waals surface area contributed by atoms with Gasteiger partial charge in [-0.2, -0.15) is 0 Å². The zero-order valence-corrected chi connectivity index (χ0v) is 14.7. The number of hydrogen-bond acceptors (Lipinski definition) is 9. The Morgan fingerprint density at radius 2 is 1.67 bits per heavy atom. The number of rotatable bonds is 5. The zero-order valence-electron chi connectivity index (χ0n) is 14.7. The Labute approximate surface area is 142 Å². The van der Waals surface area contributed by atoms with E-state index in [-0.39, 0.29) is 6.61 Å². The lowest BCUT2D eigenvalue weighted by atomic mass is 9.95. The molecule has 0 aromatic carbocycles. The molecule has 0 bridgehead atoms. The molecule has 0 amide bonds. The molecule has 142 valence electrons. The molecule has 1 unspecified atom stereocenters. The molecule has 2 fully saturated rings. The highest BCUT2D eigenvalue weighted by Gasteiger charge is 2.49. The smallest absolute Gasteiger partial charge is 0.186 e. The van der Waals surface area contributed by atoms with E-state index in [4.69, 9.17) is 23.7 Å². The normalized spacial score (nSPS) is 47.1. The highest BCUT2D eigenvalue weighted by molar-refractivity contribution is 4.95. The van der Waals surface area contributed by atoms with E-state index in [1.165, 1.54) is 14.2 Å². The Hall–Kier alpha value is -0.360. The van der Waals surface area contributed by atoms with Crippen molar-refractivity contribution in [2.24, 2.45) is 0 Å². The van der Waals surface area contributed by atoms with E-state index in [1.54, 1.807) is 25.9 Å². The third kappa shape index (κ3) is 3.90. The Morgan fingerprint density at radius 1 is 1.00 bits per heavy atom. The number of methoxy groups -OCH3 is 2. The van der Waals surface area contributed by atoms with Gasteiger partial charge in [0.05, 0.1) is 18.8 Å².